The number of aliphatic hydroxyl groups is 1. The summed E-state index contributed by atoms with van der Waals surface area (Å²) in [6.45, 7) is 2.44. The summed E-state index contributed by atoms with van der Waals surface area (Å²) in [6, 6.07) is 7.32. The van der Waals surface area contributed by atoms with E-state index in [1.165, 1.54) is 0 Å². The van der Waals surface area contributed by atoms with E-state index in [9.17, 15) is 9.90 Å². The highest BCUT2D eigenvalue weighted by atomic mass is 79.9. The molecule has 0 saturated carbocycles. The van der Waals surface area contributed by atoms with Gasteiger partial charge in [0.05, 0.1) is 12.5 Å². The van der Waals surface area contributed by atoms with Crippen molar-refractivity contribution in [1.82, 2.24) is 5.32 Å². The SMILES string of the molecule is CCNC(=O)CC(O)c1cccc(Br)c1. The first kappa shape index (κ1) is 12.2. The molecule has 0 saturated heterocycles. The molecule has 1 unspecified atom stereocenters. The van der Waals surface area contributed by atoms with E-state index >= 15 is 0 Å². The fourth-order valence-corrected chi connectivity index (χ4v) is 1.69. The Morgan fingerprint density at radius 3 is 2.93 bits per heavy atom. The number of benzene rings is 1. The van der Waals surface area contributed by atoms with Crippen LogP contribution in [0.5, 0.6) is 0 Å². The van der Waals surface area contributed by atoms with Gasteiger partial charge in [0, 0.05) is 11.0 Å². The molecule has 1 atom stereocenters. The molecule has 0 aliphatic carbocycles. The van der Waals surface area contributed by atoms with Gasteiger partial charge < -0.3 is 10.4 Å². The van der Waals surface area contributed by atoms with Gasteiger partial charge in [-0.2, -0.15) is 0 Å². The predicted octanol–water partition coefficient (Wildman–Crippen LogP) is 2.01. The Balaban J connectivity index is 2.60. The Morgan fingerprint density at radius 2 is 2.33 bits per heavy atom. The highest BCUT2D eigenvalue weighted by Crippen LogP contribution is 2.20. The van der Waals surface area contributed by atoms with Crippen molar-refractivity contribution in [2.75, 3.05) is 6.54 Å². The number of aliphatic hydroxyl groups excluding tert-OH is 1. The summed E-state index contributed by atoms with van der Waals surface area (Å²) in [5, 5.41) is 12.4. The molecular formula is C11H14BrNO2. The van der Waals surface area contributed by atoms with Gasteiger partial charge in [0.1, 0.15) is 0 Å². The Labute approximate surface area is 97.6 Å². The fraction of sp³-hybridized carbons (Fsp3) is 0.364. The van der Waals surface area contributed by atoms with E-state index in [2.05, 4.69) is 21.2 Å². The van der Waals surface area contributed by atoms with Crippen LogP contribution in [0, 0.1) is 0 Å². The zero-order valence-electron chi connectivity index (χ0n) is 8.53. The monoisotopic (exact) mass is 271 g/mol. The average Bonchev–Trinajstić information content (AvgIpc) is 2.18. The molecule has 1 amide bonds. The molecule has 15 heavy (non-hydrogen) atoms. The van der Waals surface area contributed by atoms with E-state index in [4.69, 9.17) is 0 Å². The van der Waals surface area contributed by atoms with Gasteiger partial charge >= 0.3 is 0 Å². The second-order valence-corrected chi connectivity index (χ2v) is 4.14. The molecule has 0 heterocycles. The molecule has 1 aromatic carbocycles. The summed E-state index contributed by atoms with van der Waals surface area (Å²) in [5.41, 5.74) is 0.746. The molecule has 1 aromatic rings. The average molecular weight is 272 g/mol. The fourth-order valence-electron chi connectivity index (χ4n) is 1.28. The van der Waals surface area contributed by atoms with Crippen LogP contribution in [0.15, 0.2) is 28.7 Å². The van der Waals surface area contributed by atoms with Crippen LogP contribution in [-0.4, -0.2) is 17.6 Å². The normalized spacial score (nSPS) is 12.2. The lowest BCUT2D eigenvalue weighted by molar-refractivity contribution is -0.122. The lowest BCUT2D eigenvalue weighted by Crippen LogP contribution is -2.24. The molecule has 0 aliphatic rings. The molecule has 0 bridgehead atoms. The predicted molar refractivity (Wildman–Crippen MR) is 62.4 cm³/mol. The van der Waals surface area contributed by atoms with Gasteiger partial charge in [-0.25, -0.2) is 0 Å². The maximum atomic E-state index is 11.2. The number of hydrogen-bond donors (Lipinski definition) is 2. The third-order valence-electron chi connectivity index (χ3n) is 1.99. The zero-order valence-corrected chi connectivity index (χ0v) is 10.1. The lowest BCUT2D eigenvalue weighted by Gasteiger charge is -2.10. The smallest absolute Gasteiger partial charge is 0.222 e. The second-order valence-electron chi connectivity index (χ2n) is 3.23. The standard InChI is InChI=1S/C11H14BrNO2/c1-2-13-11(15)7-10(14)8-4-3-5-9(12)6-8/h3-6,10,14H,2,7H2,1H3,(H,13,15). The van der Waals surface area contributed by atoms with E-state index in [1.807, 2.05) is 25.1 Å². The van der Waals surface area contributed by atoms with Gasteiger partial charge in [-0.1, -0.05) is 28.1 Å². The number of amides is 1. The Bertz CT molecular complexity index is 341. The first-order valence-electron chi connectivity index (χ1n) is 4.83. The van der Waals surface area contributed by atoms with E-state index in [1.54, 1.807) is 6.07 Å². The molecule has 82 valence electrons. The van der Waals surface area contributed by atoms with E-state index in [0.29, 0.717) is 6.54 Å². The van der Waals surface area contributed by atoms with Crippen LogP contribution in [0.25, 0.3) is 0 Å². The van der Waals surface area contributed by atoms with Gasteiger partial charge in [0.15, 0.2) is 0 Å². The summed E-state index contributed by atoms with van der Waals surface area (Å²) < 4.78 is 0.898. The van der Waals surface area contributed by atoms with Crippen molar-refractivity contribution in [3.63, 3.8) is 0 Å². The Kier molecular flexibility index (Phi) is 4.78. The van der Waals surface area contributed by atoms with Gasteiger partial charge in [0.2, 0.25) is 5.91 Å². The van der Waals surface area contributed by atoms with Crippen molar-refractivity contribution in [1.29, 1.82) is 0 Å². The zero-order chi connectivity index (χ0) is 11.3. The molecule has 0 aromatic heterocycles. The maximum Gasteiger partial charge on any atom is 0.222 e. The third kappa shape index (κ3) is 4.01. The molecule has 1 rings (SSSR count). The van der Waals surface area contributed by atoms with Crippen LogP contribution < -0.4 is 5.32 Å². The first-order chi connectivity index (χ1) is 7.13. The van der Waals surface area contributed by atoms with E-state index < -0.39 is 6.10 Å². The van der Waals surface area contributed by atoms with Crippen molar-refractivity contribution < 1.29 is 9.90 Å². The number of nitrogens with one attached hydrogen (secondary N) is 1. The number of rotatable bonds is 4. The minimum Gasteiger partial charge on any atom is -0.388 e. The van der Waals surface area contributed by atoms with E-state index in [-0.39, 0.29) is 12.3 Å². The summed E-state index contributed by atoms with van der Waals surface area (Å²) in [4.78, 5) is 11.2. The van der Waals surface area contributed by atoms with Crippen molar-refractivity contribution in [2.24, 2.45) is 0 Å². The lowest BCUT2D eigenvalue weighted by atomic mass is 10.1. The molecule has 0 spiro atoms. The number of halogens is 1. The van der Waals surface area contributed by atoms with Crippen LogP contribution in [0.1, 0.15) is 25.0 Å². The summed E-state index contributed by atoms with van der Waals surface area (Å²) in [5.74, 6) is -0.134. The van der Waals surface area contributed by atoms with Gasteiger partial charge in [-0.3, -0.25) is 4.79 Å². The molecule has 2 N–H and O–H groups in total. The summed E-state index contributed by atoms with van der Waals surface area (Å²) >= 11 is 3.32. The second kappa shape index (κ2) is 5.88. The summed E-state index contributed by atoms with van der Waals surface area (Å²) in [7, 11) is 0. The molecule has 0 fully saturated rings. The highest BCUT2D eigenvalue weighted by molar-refractivity contribution is 9.10. The molecular weight excluding hydrogens is 258 g/mol. The molecule has 3 nitrogen and oxygen atoms in total. The van der Waals surface area contributed by atoms with Crippen molar-refractivity contribution in [2.45, 2.75) is 19.4 Å². The number of hydrogen-bond acceptors (Lipinski definition) is 2. The minimum atomic E-state index is -0.742. The quantitative estimate of drug-likeness (QED) is 0.880. The van der Waals surface area contributed by atoms with Crippen LogP contribution >= 0.6 is 15.9 Å². The molecule has 0 radical (unpaired) electrons. The van der Waals surface area contributed by atoms with Crippen molar-refractivity contribution >= 4 is 21.8 Å². The third-order valence-corrected chi connectivity index (χ3v) is 2.48. The Hall–Kier alpha value is -0.870. The minimum absolute atomic E-state index is 0.101. The number of carbonyl (C=O) groups is 1. The van der Waals surface area contributed by atoms with Gasteiger partial charge in [0.25, 0.3) is 0 Å². The maximum absolute atomic E-state index is 11.2. The molecule has 4 heteroatoms. The van der Waals surface area contributed by atoms with Crippen molar-refractivity contribution in [3.8, 4) is 0 Å². The van der Waals surface area contributed by atoms with Crippen LogP contribution in [0.2, 0.25) is 0 Å². The molecule has 0 aliphatic heterocycles. The van der Waals surface area contributed by atoms with E-state index in [0.717, 1.165) is 10.0 Å². The first-order valence-corrected chi connectivity index (χ1v) is 5.63. The summed E-state index contributed by atoms with van der Waals surface area (Å²) in [6.07, 6.45) is -0.640. The Morgan fingerprint density at radius 1 is 1.60 bits per heavy atom. The highest BCUT2D eigenvalue weighted by Gasteiger charge is 2.12. The largest absolute Gasteiger partial charge is 0.388 e. The topological polar surface area (TPSA) is 49.3 Å². The van der Waals surface area contributed by atoms with Gasteiger partial charge in [-0.05, 0) is 24.6 Å². The van der Waals surface area contributed by atoms with Crippen LogP contribution in [0.3, 0.4) is 0 Å². The van der Waals surface area contributed by atoms with Crippen LogP contribution in [0.4, 0.5) is 0 Å². The van der Waals surface area contributed by atoms with Gasteiger partial charge in [-0.15, -0.1) is 0 Å². The van der Waals surface area contributed by atoms with Crippen molar-refractivity contribution in [3.05, 3.63) is 34.3 Å². The number of carbonyl (C=O) groups excluding carboxylic acids is 1. The van der Waals surface area contributed by atoms with Crippen LogP contribution in [-0.2, 0) is 4.79 Å².